The third-order valence-electron chi connectivity index (χ3n) is 3.69. The van der Waals surface area contributed by atoms with E-state index in [4.69, 9.17) is 4.74 Å². The van der Waals surface area contributed by atoms with Gasteiger partial charge in [0.25, 0.3) is 5.91 Å². The number of hydrogen-bond acceptors (Lipinski definition) is 5. The molecule has 0 aliphatic carbocycles. The molecule has 1 aromatic carbocycles. The minimum absolute atomic E-state index is 0.149. The Morgan fingerprint density at radius 1 is 1.09 bits per heavy atom. The molecule has 1 heterocycles. The lowest BCUT2D eigenvalue weighted by molar-refractivity contribution is 0.0606. The summed E-state index contributed by atoms with van der Waals surface area (Å²) in [6, 6.07) is 10.7. The van der Waals surface area contributed by atoms with Gasteiger partial charge in [-0.3, -0.25) is 4.79 Å². The summed E-state index contributed by atoms with van der Waals surface area (Å²) in [4.78, 5) is 26.7. The van der Waals surface area contributed by atoms with Gasteiger partial charge in [-0.1, -0.05) is 18.2 Å². The summed E-state index contributed by atoms with van der Waals surface area (Å²) in [6.45, 7) is 1.94. The van der Waals surface area contributed by atoms with E-state index >= 15 is 0 Å². The number of benzene rings is 1. The van der Waals surface area contributed by atoms with Crippen LogP contribution in [0.3, 0.4) is 0 Å². The van der Waals surface area contributed by atoms with Crippen molar-refractivity contribution in [3.63, 3.8) is 0 Å². The highest BCUT2D eigenvalue weighted by molar-refractivity contribution is 7.15. The number of nitrogens with zero attached hydrogens (tertiary/aromatic N) is 1. The summed E-state index contributed by atoms with van der Waals surface area (Å²) in [5, 5.41) is 0. The number of para-hydroxylation sites is 1. The highest BCUT2D eigenvalue weighted by atomic mass is 32.1. The van der Waals surface area contributed by atoms with E-state index < -0.39 is 5.97 Å². The summed E-state index contributed by atoms with van der Waals surface area (Å²) < 4.78 is 10.0. The predicted molar refractivity (Wildman–Crippen MR) is 89.2 cm³/mol. The number of amides is 1. The molecule has 0 aliphatic rings. The van der Waals surface area contributed by atoms with Crippen molar-refractivity contribution < 1.29 is 19.1 Å². The Morgan fingerprint density at radius 2 is 1.74 bits per heavy atom. The SMILES string of the molecule is COC(=O)c1ccc(C(=O)N(C)C(C)c2ccccc2OC)s1. The molecular weight excluding hydrogens is 314 g/mol. The van der Waals surface area contributed by atoms with Gasteiger partial charge in [0, 0.05) is 12.6 Å². The van der Waals surface area contributed by atoms with Gasteiger partial charge in [0.1, 0.15) is 10.6 Å². The van der Waals surface area contributed by atoms with Crippen LogP contribution < -0.4 is 4.74 Å². The van der Waals surface area contributed by atoms with E-state index in [1.807, 2.05) is 31.2 Å². The van der Waals surface area contributed by atoms with Gasteiger partial charge in [-0.15, -0.1) is 11.3 Å². The maximum Gasteiger partial charge on any atom is 0.348 e. The first-order valence-electron chi connectivity index (χ1n) is 7.07. The van der Waals surface area contributed by atoms with Gasteiger partial charge < -0.3 is 14.4 Å². The predicted octanol–water partition coefficient (Wildman–Crippen LogP) is 3.38. The molecule has 0 fully saturated rings. The third-order valence-corrected chi connectivity index (χ3v) is 4.75. The molecule has 0 bridgehead atoms. The summed E-state index contributed by atoms with van der Waals surface area (Å²) in [5.41, 5.74) is 0.926. The standard InChI is InChI=1S/C17H19NO4S/c1-11(12-7-5-6-8-13(12)21-3)18(2)16(19)14-9-10-15(23-14)17(20)22-4/h5-11H,1-4H3. The molecule has 122 valence electrons. The van der Waals surface area contributed by atoms with Crippen LogP contribution in [0.4, 0.5) is 0 Å². The molecular formula is C17H19NO4S. The van der Waals surface area contributed by atoms with Crippen LogP contribution in [0.15, 0.2) is 36.4 Å². The zero-order valence-corrected chi connectivity index (χ0v) is 14.3. The van der Waals surface area contributed by atoms with Crippen LogP contribution in [0.25, 0.3) is 0 Å². The lowest BCUT2D eigenvalue weighted by Crippen LogP contribution is -2.29. The van der Waals surface area contributed by atoms with Crippen molar-refractivity contribution in [3.8, 4) is 5.75 Å². The molecule has 0 saturated heterocycles. The van der Waals surface area contributed by atoms with Crippen molar-refractivity contribution >= 4 is 23.2 Å². The molecule has 0 aliphatic heterocycles. The Morgan fingerprint density at radius 3 is 2.39 bits per heavy atom. The van der Waals surface area contributed by atoms with Crippen molar-refractivity contribution in [1.82, 2.24) is 4.90 Å². The highest BCUT2D eigenvalue weighted by Gasteiger charge is 2.23. The van der Waals surface area contributed by atoms with Crippen molar-refractivity contribution in [2.24, 2.45) is 0 Å². The van der Waals surface area contributed by atoms with Crippen LogP contribution in [0.1, 0.15) is 37.9 Å². The van der Waals surface area contributed by atoms with Crippen LogP contribution in [-0.4, -0.2) is 38.0 Å². The van der Waals surface area contributed by atoms with Crippen LogP contribution in [0.5, 0.6) is 5.75 Å². The molecule has 0 N–H and O–H groups in total. The van der Waals surface area contributed by atoms with Crippen LogP contribution in [0.2, 0.25) is 0 Å². The second kappa shape index (κ2) is 7.28. The topological polar surface area (TPSA) is 55.8 Å². The van der Waals surface area contributed by atoms with Crippen molar-refractivity contribution in [1.29, 1.82) is 0 Å². The van der Waals surface area contributed by atoms with Crippen molar-refractivity contribution in [2.45, 2.75) is 13.0 Å². The Labute approximate surface area is 139 Å². The smallest absolute Gasteiger partial charge is 0.348 e. The normalized spacial score (nSPS) is 11.7. The van der Waals surface area contributed by atoms with E-state index in [0.29, 0.717) is 9.75 Å². The van der Waals surface area contributed by atoms with E-state index in [2.05, 4.69) is 4.74 Å². The van der Waals surface area contributed by atoms with Crippen molar-refractivity contribution in [2.75, 3.05) is 21.3 Å². The van der Waals surface area contributed by atoms with Crippen LogP contribution in [-0.2, 0) is 4.74 Å². The van der Waals surface area contributed by atoms with Crippen molar-refractivity contribution in [3.05, 3.63) is 51.7 Å². The maximum atomic E-state index is 12.6. The number of thiophene rings is 1. The van der Waals surface area contributed by atoms with Gasteiger partial charge in [0.2, 0.25) is 0 Å². The fraction of sp³-hybridized carbons (Fsp3) is 0.294. The van der Waals surface area contributed by atoms with Gasteiger partial charge in [-0.05, 0) is 25.1 Å². The number of carbonyl (C=O) groups is 2. The quantitative estimate of drug-likeness (QED) is 0.787. The molecule has 0 saturated carbocycles. The van der Waals surface area contributed by atoms with Gasteiger partial charge >= 0.3 is 5.97 Å². The summed E-state index contributed by atoms with van der Waals surface area (Å²) in [5.74, 6) is 0.152. The zero-order chi connectivity index (χ0) is 17.0. The highest BCUT2D eigenvalue weighted by Crippen LogP contribution is 2.30. The van der Waals surface area contributed by atoms with E-state index in [1.54, 1.807) is 31.2 Å². The van der Waals surface area contributed by atoms with E-state index in [0.717, 1.165) is 22.6 Å². The Bertz CT molecular complexity index is 710. The first kappa shape index (κ1) is 17.0. The van der Waals surface area contributed by atoms with E-state index in [1.165, 1.54) is 7.11 Å². The molecule has 0 radical (unpaired) electrons. The van der Waals surface area contributed by atoms with E-state index in [-0.39, 0.29) is 11.9 Å². The maximum absolute atomic E-state index is 12.6. The monoisotopic (exact) mass is 333 g/mol. The molecule has 6 heteroatoms. The third kappa shape index (κ3) is 3.53. The number of hydrogen-bond donors (Lipinski definition) is 0. The lowest BCUT2D eigenvalue weighted by Gasteiger charge is -2.26. The minimum atomic E-state index is -0.436. The molecule has 0 spiro atoms. The summed E-state index contributed by atoms with van der Waals surface area (Å²) >= 11 is 1.13. The van der Waals surface area contributed by atoms with Gasteiger partial charge in [-0.2, -0.15) is 0 Å². The molecule has 23 heavy (non-hydrogen) atoms. The first-order chi connectivity index (χ1) is 11.0. The number of carbonyl (C=O) groups excluding carboxylic acids is 2. The Kier molecular flexibility index (Phi) is 5.39. The largest absolute Gasteiger partial charge is 0.496 e. The fourth-order valence-electron chi connectivity index (χ4n) is 2.23. The molecule has 1 atom stereocenters. The molecule has 5 nitrogen and oxygen atoms in total. The van der Waals surface area contributed by atoms with E-state index in [9.17, 15) is 9.59 Å². The number of esters is 1. The average molecular weight is 333 g/mol. The number of rotatable bonds is 5. The average Bonchev–Trinajstić information content (AvgIpc) is 3.09. The molecule has 1 aromatic heterocycles. The first-order valence-corrected chi connectivity index (χ1v) is 7.89. The molecule has 2 aromatic rings. The lowest BCUT2D eigenvalue weighted by atomic mass is 10.1. The second-order valence-electron chi connectivity index (χ2n) is 4.99. The van der Waals surface area contributed by atoms with Gasteiger partial charge in [0.05, 0.1) is 25.1 Å². The minimum Gasteiger partial charge on any atom is -0.496 e. The Hall–Kier alpha value is -2.34. The van der Waals surface area contributed by atoms with Crippen LogP contribution >= 0.6 is 11.3 Å². The number of methoxy groups -OCH3 is 2. The number of ether oxygens (including phenoxy) is 2. The molecule has 1 amide bonds. The fourth-order valence-corrected chi connectivity index (χ4v) is 3.14. The van der Waals surface area contributed by atoms with Crippen LogP contribution in [0, 0.1) is 0 Å². The summed E-state index contributed by atoms with van der Waals surface area (Å²) in [6.07, 6.45) is 0. The van der Waals surface area contributed by atoms with Gasteiger partial charge in [0.15, 0.2) is 0 Å². The summed E-state index contributed by atoms with van der Waals surface area (Å²) in [7, 11) is 4.66. The second-order valence-corrected chi connectivity index (χ2v) is 6.07. The molecule has 1 unspecified atom stereocenters. The molecule has 2 rings (SSSR count). The Balaban J connectivity index is 2.22. The zero-order valence-electron chi connectivity index (χ0n) is 13.5. The van der Waals surface area contributed by atoms with Gasteiger partial charge in [-0.25, -0.2) is 4.79 Å².